The van der Waals surface area contributed by atoms with E-state index in [0.29, 0.717) is 5.56 Å². The second kappa shape index (κ2) is 9.74. The summed E-state index contributed by atoms with van der Waals surface area (Å²) in [6.45, 7) is 0.285. The van der Waals surface area contributed by atoms with Gasteiger partial charge in [0.15, 0.2) is 0 Å². The zero-order valence-corrected chi connectivity index (χ0v) is 17.8. The number of amides is 1. The monoisotopic (exact) mass is 444 g/mol. The molecule has 1 amide bonds. The first-order valence-corrected chi connectivity index (χ1v) is 10.7. The molecular weight excluding hydrogens is 420 g/mol. The zero-order chi connectivity index (χ0) is 23.4. The molecule has 168 valence electrons. The number of aromatic hydroxyl groups is 1. The number of hydrogen-bond donors (Lipinski definition) is 4. The van der Waals surface area contributed by atoms with Gasteiger partial charge in [-0.25, -0.2) is 4.79 Å². The van der Waals surface area contributed by atoms with E-state index in [1.165, 1.54) is 18.2 Å². The molecule has 1 aliphatic carbocycles. The van der Waals surface area contributed by atoms with Gasteiger partial charge in [-0.05, 0) is 46.4 Å². The van der Waals surface area contributed by atoms with Crippen LogP contribution in [0.25, 0.3) is 11.1 Å². The lowest BCUT2D eigenvalue weighted by Gasteiger charge is -2.19. The van der Waals surface area contributed by atoms with E-state index in [2.05, 4.69) is 17.4 Å². The minimum atomic E-state index is -1.26. The Labute approximate surface area is 191 Å². The number of ether oxygens (including phenoxy) is 1. The molecule has 3 aromatic rings. The zero-order valence-electron chi connectivity index (χ0n) is 17.8. The Morgan fingerprint density at radius 2 is 1.67 bits per heavy atom. The second-order valence-electron chi connectivity index (χ2n) is 7.94. The summed E-state index contributed by atoms with van der Waals surface area (Å²) in [6.07, 6.45) is -2.96. The Kier molecular flexibility index (Phi) is 6.59. The van der Waals surface area contributed by atoms with Crippen LogP contribution in [0.5, 0.6) is 5.75 Å². The molecule has 2 unspecified atom stereocenters. The van der Waals surface area contributed by atoms with Crippen molar-refractivity contribution in [3.63, 3.8) is 0 Å². The third kappa shape index (κ3) is 4.67. The van der Waals surface area contributed by atoms with Gasteiger partial charge in [0.2, 0.25) is 0 Å². The van der Waals surface area contributed by atoms with E-state index >= 15 is 0 Å². The molecule has 7 heteroatoms. The van der Waals surface area contributed by atoms with Crippen LogP contribution in [0, 0.1) is 11.3 Å². The van der Waals surface area contributed by atoms with Gasteiger partial charge in [-0.2, -0.15) is 5.26 Å². The normalized spacial score (nSPS) is 14.0. The number of rotatable bonds is 7. The van der Waals surface area contributed by atoms with E-state index < -0.39 is 18.3 Å². The van der Waals surface area contributed by atoms with Crippen LogP contribution in [0.2, 0.25) is 0 Å². The van der Waals surface area contributed by atoms with Crippen LogP contribution in [0.1, 0.15) is 40.7 Å². The van der Waals surface area contributed by atoms with Gasteiger partial charge >= 0.3 is 6.09 Å². The SMILES string of the molecule is N#Cc1cc(C(O)C(O)CCNC(=O)OCC2c3ccccc3-c3ccccc32)ccc1O. The van der Waals surface area contributed by atoms with E-state index in [1.807, 2.05) is 42.5 Å². The molecule has 0 fully saturated rings. The van der Waals surface area contributed by atoms with Gasteiger partial charge in [0, 0.05) is 12.5 Å². The van der Waals surface area contributed by atoms with Crippen LogP contribution in [-0.2, 0) is 4.74 Å². The van der Waals surface area contributed by atoms with Gasteiger partial charge in [0.1, 0.15) is 24.5 Å². The van der Waals surface area contributed by atoms with Crippen LogP contribution in [0.4, 0.5) is 4.79 Å². The van der Waals surface area contributed by atoms with Gasteiger partial charge in [0.05, 0.1) is 11.7 Å². The highest BCUT2D eigenvalue weighted by Gasteiger charge is 2.29. The molecule has 33 heavy (non-hydrogen) atoms. The van der Waals surface area contributed by atoms with E-state index in [4.69, 9.17) is 10.00 Å². The highest BCUT2D eigenvalue weighted by Crippen LogP contribution is 2.44. The predicted octanol–water partition coefficient (Wildman–Crippen LogP) is 3.59. The number of phenolic OH excluding ortho intramolecular Hbond substituents is 1. The third-order valence-electron chi connectivity index (χ3n) is 5.90. The van der Waals surface area contributed by atoms with Crippen molar-refractivity contribution >= 4 is 6.09 Å². The maximum atomic E-state index is 12.2. The smallest absolute Gasteiger partial charge is 0.407 e. The first kappa shape index (κ1) is 22.3. The number of fused-ring (bicyclic) bond motifs is 3. The van der Waals surface area contributed by atoms with Crippen LogP contribution < -0.4 is 5.32 Å². The van der Waals surface area contributed by atoms with Crippen LogP contribution in [0.15, 0.2) is 66.7 Å². The number of alkyl carbamates (subject to hydrolysis) is 1. The van der Waals surface area contributed by atoms with Gasteiger partial charge in [-0.1, -0.05) is 54.6 Å². The quantitative estimate of drug-likeness (QED) is 0.442. The van der Waals surface area contributed by atoms with Crippen LogP contribution in [-0.4, -0.2) is 40.7 Å². The molecule has 0 spiro atoms. The van der Waals surface area contributed by atoms with Crippen molar-refractivity contribution in [2.45, 2.75) is 24.5 Å². The third-order valence-corrected chi connectivity index (χ3v) is 5.90. The average molecular weight is 444 g/mol. The molecule has 0 bridgehead atoms. The molecule has 0 heterocycles. The highest BCUT2D eigenvalue weighted by atomic mass is 16.5. The fraction of sp³-hybridized carbons (Fsp3) is 0.231. The Morgan fingerprint density at radius 1 is 1.03 bits per heavy atom. The fourth-order valence-corrected chi connectivity index (χ4v) is 4.18. The van der Waals surface area contributed by atoms with Crippen molar-refractivity contribution in [1.82, 2.24) is 5.32 Å². The molecule has 0 aromatic heterocycles. The number of carbonyl (C=O) groups excluding carboxylic acids is 1. The lowest BCUT2D eigenvalue weighted by molar-refractivity contribution is 0.0136. The van der Waals surface area contributed by atoms with Crippen molar-refractivity contribution in [2.75, 3.05) is 13.2 Å². The molecule has 0 radical (unpaired) electrons. The number of phenols is 1. The number of hydrogen-bond acceptors (Lipinski definition) is 6. The summed E-state index contributed by atoms with van der Waals surface area (Å²) in [4.78, 5) is 12.2. The molecule has 4 N–H and O–H groups in total. The number of nitrogens with one attached hydrogen (secondary N) is 1. The lowest BCUT2D eigenvalue weighted by atomic mass is 9.98. The van der Waals surface area contributed by atoms with Crippen molar-refractivity contribution in [3.05, 3.63) is 89.0 Å². The van der Waals surface area contributed by atoms with Crippen molar-refractivity contribution in [3.8, 4) is 22.9 Å². The van der Waals surface area contributed by atoms with Gasteiger partial charge in [-0.3, -0.25) is 0 Å². The molecule has 1 aliphatic rings. The van der Waals surface area contributed by atoms with Gasteiger partial charge in [-0.15, -0.1) is 0 Å². The molecule has 4 rings (SSSR count). The maximum absolute atomic E-state index is 12.2. The summed E-state index contributed by atoms with van der Waals surface area (Å²) in [5.74, 6) is -0.237. The Bertz CT molecular complexity index is 1160. The Morgan fingerprint density at radius 3 is 2.30 bits per heavy atom. The van der Waals surface area contributed by atoms with Gasteiger partial charge < -0.3 is 25.4 Å². The first-order chi connectivity index (χ1) is 16.0. The summed E-state index contributed by atoms with van der Waals surface area (Å²) in [5, 5.41) is 41.7. The Balaban J connectivity index is 1.29. The predicted molar refractivity (Wildman–Crippen MR) is 121 cm³/mol. The van der Waals surface area contributed by atoms with E-state index in [-0.39, 0.29) is 36.8 Å². The summed E-state index contributed by atoms with van der Waals surface area (Å²) >= 11 is 0. The molecule has 2 atom stereocenters. The molecule has 0 saturated heterocycles. The van der Waals surface area contributed by atoms with E-state index in [1.54, 1.807) is 0 Å². The number of aliphatic hydroxyl groups excluding tert-OH is 2. The summed E-state index contributed by atoms with van der Waals surface area (Å²) in [5.41, 5.74) is 4.85. The van der Waals surface area contributed by atoms with Crippen LogP contribution >= 0.6 is 0 Å². The Hall–Kier alpha value is -3.86. The molecule has 0 saturated carbocycles. The summed E-state index contributed by atoms with van der Waals surface area (Å²) in [7, 11) is 0. The average Bonchev–Trinajstić information content (AvgIpc) is 3.16. The van der Waals surface area contributed by atoms with Crippen LogP contribution in [0.3, 0.4) is 0 Å². The maximum Gasteiger partial charge on any atom is 0.407 e. The standard InChI is InChI=1S/C26H24N2O5/c27-14-17-13-16(9-10-23(17)29)25(31)24(30)11-12-28-26(32)33-15-22-20-7-3-1-5-18(20)19-6-2-4-8-21(19)22/h1-10,13,22,24-25,29-31H,11-12,15H2,(H,28,32). The summed E-state index contributed by atoms with van der Waals surface area (Å²) in [6, 6.07) is 22.0. The highest BCUT2D eigenvalue weighted by molar-refractivity contribution is 5.79. The number of carbonyl (C=O) groups is 1. The molecule has 0 aliphatic heterocycles. The number of aliphatic hydroxyl groups is 2. The lowest BCUT2D eigenvalue weighted by Crippen LogP contribution is -2.30. The molecule has 3 aromatic carbocycles. The van der Waals surface area contributed by atoms with Gasteiger partial charge in [0.25, 0.3) is 0 Å². The van der Waals surface area contributed by atoms with E-state index in [0.717, 1.165) is 22.3 Å². The van der Waals surface area contributed by atoms with Crippen molar-refractivity contribution in [1.29, 1.82) is 5.26 Å². The minimum absolute atomic E-state index is 0.00973. The number of benzene rings is 3. The topological polar surface area (TPSA) is 123 Å². The second-order valence-corrected chi connectivity index (χ2v) is 7.94. The van der Waals surface area contributed by atoms with Crippen molar-refractivity contribution < 1.29 is 24.9 Å². The number of nitrogens with zero attached hydrogens (tertiary/aromatic N) is 1. The first-order valence-electron chi connectivity index (χ1n) is 10.7. The summed E-state index contributed by atoms with van der Waals surface area (Å²) < 4.78 is 5.45. The molecular formula is C26H24N2O5. The van der Waals surface area contributed by atoms with E-state index in [9.17, 15) is 20.1 Å². The number of nitriles is 1. The largest absolute Gasteiger partial charge is 0.507 e. The molecule has 7 nitrogen and oxygen atoms in total. The minimum Gasteiger partial charge on any atom is -0.507 e. The van der Waals surface area contributed by atoms with Crippen molar-refractivity contribution in [2.24, 2.45) is 0 Å². The fourth-order valence-electron chi connectivity index (χ4n) is 4.18.